The van der Waals surface area contributed by atoms with Gasteiger partial charge in [0.25, 0.3) is 0 Å². The van der Waals surface area contributed by atoms with Crippen LogP contribution in [0.15, 0.2) is 48.8 Å². The monoisotopic (exact) mass is 553 g/mol. The Kier molecular flexibility index (Phi) is 7.37. The van der Waals surface area contributed by atoms with E-state index in [1.807, 2.05) is 51.0 Å². The molecule has 2 aromatic heterocycles. The predicted octanol–water partition coefficient (Wildman–Crippen LogP) is 4.36. The van der Waals surface area contributed by atoms with Gasteiger partial charge in [-0.15, -0.1) is 18.3 Å². The maximum Gasteiger partial charge on any atom is 0.573 e. The fourth-order valence-corrected chi connectivity index (χ4v) is 4.74. The zero-order chi connectivity index (χ0) is 28.6. The summed E-state index contributed by atoms with van der Waals surface area (Å²) in [6, 6.07) is 9.70. The van der Waals surface area contributed by atoms with Crippen LogP contribution in [0.3, 0.4) is 0 Å². The highest BCUT2D eigenvalue weighted by Gasteiger charge is 2.32. The van der Waals surface area contributed by atoms with E-state index in [4.69, 9.17) is 0 Å². The normalized spacial score (nSPS) is 14.5. The van der Waals surface area contributed by atoms with Crippen molar-refractivity contribution < 1.29 is 22.7 Å². The Morgan fingerprint density at radius 3 is 2.45 bits per heavy atom. The van der Waals surface area contributed by atoms with E-state index in [1.165, 1.54) is 6.07 Å². The average molecular weight is 554 g/mol. The quantitative estimate of drug-likeness (QED) is 0.315. The fraction of sp³-hybridized carbons (Fsp3) is 0.357. The van der Waals surface area contributed by atoms with Gasteiger partial charge in [-0.2, -0.15) is 5.10 Å². The number of piperazine rings is 1. The average Bonchev–Trinajstić information content (AvgIpc) is 3.51. The molecular formula is C28H30F3N7O2. The van der Waals surface area contributed by atoms with Gasteiger partial charge in [0.05, 0.1) is 18.1 Å². The van der Waals surface area contributed by atoms with Crippen molar-refractivity contribution in [3.05, 3.63) is 71.2 Å². The molecule has 0 N–H and O–H groups in total. The lowest BCUT2D eigenvalue weighted by Crippen LogP contribution is -2.44. The van der Waals surface area contributed by atoms with Crippen LogP contribution in [0.5, 0.6) is 5.75 Å². The molecule has 0 amide bonds. The van der Waals surface area contributed by atoms with Crippen LogP contribution in [0.1, 0.15) is 27.2 Å². The van der Waals surface area contributed by atoms with Crippen LogP contribution >= 0.6 is 0 Å². The number of hydrogen-bond acceptors (Lipinski definition) is 7. The zero-order valence-electron chi connectivity index (χ0n) is 22.7. The van der Waals surface area contributed by atoms with Gasteiger partial charge in [0.1, 0.15) is 11.4 Å². The summed E-state index contributed by atoms with van der Waals surface area (Å²) >= 11 is 0. The zero-order valence-corrected chi connectivity index (χ0v) is 22.7. The van der Waals surface area contributed by atoms with E-state index >= 15 is 0 Å². The Morgan fingerprint density at radius 1 is 1.02 bits per heavy atom. The third-order valence-electron chi connectivity index (χ3n) is 7.20. The third kappa shape index (κ3) is 6.01. The summed E-state index contributed by atoms with van der Waals surface area (Å²) in [5.41, 5.74) is 5.56. The van der Waals surface area contributed by atoms with Crippen molar-refractivity contribution in [2.45, 2.75) is 26.6 Å². The molecule has 0 saturated carbocycles. The first-order valence-corrected chi connectivity index (χ1v) is 12.9. The van der Waals surface area contributed by atoms with Gasteiger partial charge in [0, 0.05) is 68.2 Å². The van der Waals surface area contributed by atoms with Crippen molar-refractivity contribution in [3.8, 4) is 22.7 Å². The van der Waals surface area contributed by atoms with Crippen LogP contribution in [-0.4, -0.2) is 75.0 Å². The number of benzene rings is 2. The van der Waals surface area contributed by atoms with Crippen molar-refractivity contribution >= 4 is 11.5 Å². The van der Waals surface area contributed by atoms with Crippen molar-refractivity contribution in [1.29, 1.82) is 0 Å². The van der Waals surface area contributed by atoms with Crippen molar-refractivity contribution in [1.82, 2.24) is 29.7 Å². The number of Topliss-reactive ketones (excluding diaryl/α,β-unsaturated/α-hetero) is 1. The molecule has 9 nitrogen and oxygen atoms in total. The number of halogens is 3. The molecule has 3 heterocycles. The Hall–Kier alpha value is -4.19. The molecule has 0 atom stereocenters. The van der Waals surface area contributed by atoms with Gasteiger partial charge in [-0.25, -0.2) is 4.68 Å². The molecule has 5 rings (SSSR count). The Bertz CT molecular complexity index is 1540. The molecule has 0 radical (unpaired) electrons. The molecule has 1 aliphatic rings. The van der Waals surface area contributed by atoms with Crippen LogP contribution < -0.4 is 9.64 Å². The first kappa shape index (κ1) is 27.4. The number of anilines is 1. The number of nitrogens with zero attached hydrogens (tertiary/aromatic N) is 7. The van der Waals surface area contributed by atoms with E-state index in [0.717, 1.165) is 41.7 Å². The fourth-order valence-electron chi connectivity index (χ4n) is 4.74. The second-order valence-electron chi connectivity index (χ2n) is 10.1. The Balaban J connectivity index is 1.41. The van der Waals surface area contributed by atoms with E-state index in [-0.39, 0.29) is 17.8 Å². The van der Waals surface area contributed by atoms with Crippen LogP contribution in [0.4, 0.5) is 18.9 Å². The largest absolute Gasteiger partial charge is 0.573 e. The highest BCUT2D eigenvalue weighted by atomic mass is 19.4. The van der Waals surface area contributed by atoms with Gasteiger partial charge in [-0.1, -0.05) is 17.3 Å². The highest BCUT2D eigenvalue weighted by molar-refractivity contribution is 5.99. The van der Waals surface area contributed by atoms with Crippen LogP contribution in [0.2, 0.25) is 0 Å². The van der Waals surface area contributed by atoms with Crippen LogP contribution in [0.25, 0.3) is 16.9 Å². The molecule has 40 heavy (non-hydrogen) atoms. The summed E-state index contributed by atoms with van der Waals surface area (Å²) in [6.45, 7) is 6.69. The lowest BCUT2D eigenvalue weighted by atomic mass is 10.00. The topological polar surface area (TPSA) is 81.3 Å². The lowest BCUT2D eigenvalue weighted by Gasteiger charge is -2.34. The minimum Gasteiger partial charge on any atom is -0.406 e. The summed E-state index contributed by atoms with van der Waals surface area (Å²) in [7, 11) is 3.85. The number of likely N-dealkylation sites (N-methyl/N-ethyl adjacent to an activating group) is 1. The number of hydrogen-bond donors (Lipinski definition) is 0. The first-order chi connectivity index (χ1) is 19.0. The maximum atomic E-state index is 13.4. The number of carbonyl (C=O) groups excluding carboxylic acids is 1. The minimum atomic E-state index is -4.86. The van der Waals surface area contributed by atoms with Gasteiger partial charge >= 0.3 is 6.36 Å². The summed E-state index contributed by atoms with van der Waals surface area (Å²) in [5, 5.41) is 12.8. The van der Waals surface area contributed by atoms with E-state index in [1.54, 1.807) is 27.8 Å². The molecule has 2 aromatic carbocycles. The Morgan fingerprint density at radius 2 is 1.77 bits per heavy atom. The number of aryl methyl sites for hydroxylation is 2. The minimum absolute atomic E-state index is 0.00576. The molecule has 12 heteroatoms. The van der Waals surface area contributed by atoms with E-state index < -0.39 is 12.1 Å². The smallest absolute Gasteiger partial charge is 0.406 e. The van der Waals surface area contributed by atoms with E-state index in [0.29, 0.717) is 30.0 Å². The van der Waals surface area contributed by atoms with Gasteiger partial charge in [0.15, 0.2) is 5.78 Å². The number of ketones is 1. The van der Waals surface area contributed by atoms with Crippen LogP contribution in [0, 0.1) is 13.8 Å². The molecule has 4 aromatic rings. The molecule has 1 aliphatic heterocycles. The van der Waals surface area contributed by atoms with Crippen molar-refractivity contribution in [3.63, 3.8) is 0 Å². The molecule has 1 saturated heterocycles. The lowest BCUT2D eigenvalue weighted by molar-refractivity contribution is -0.274. The predicted molar refractivity (Wildman–Crippen MR) is 144 cm³/mol. The number of rotatable bonds is 7. The van der Waals surface area contributed by atoms with Gasteiger partial charge in [-0.3, -0.25) is 9.48 Å². The van der Waals surface area contributed by atoms with Crippen molar-refractivity contribution in [2.24, 2.45) is 7.05 Å². The summed E-state index contributed by atoms with van der Waals surface area (Å²) in [5.74, 6) is -0.721. The summed E-state index contributed by atoms with van der Waals surface area (Å²) in [4.78, 5) is 17.5. The number of aromatic nitrogens is 5. The molecule has 0 aliphatic carbocycles. The molecule has 0 spiro atoms. The second-order valence-corrected chi connectivity index (χ2v) is 10.1. The van der Waals surface area contributed by atoms with E-state index in [9.17, 15) is 18.0 Å². The highest BCUT2D eigenvalue weighted by Crippen LogP contribution is 2.30. The Labute approximate surface area is 229 Å². The van der Waals surface area contributed by atoms with E-state index in [2.05, 4.69) is 25.0 Å². The first-order valence-electron chi connectivity index (χ1n) is 12.9. The van der Waals surface area contributed by atoms with Gasteiger partial charge in [-0.05, 0) is 50.2 Å². The summed E-state index contributed by atoms with van der Waals surface area (Å²) < 4.78 is 46.9. The summed E-state index contributed by atoms with van der Waals surface area (Å²) in [6.07, 6.45) is -1.33. The third-order valence-corrected chi connectivity index (χ3v) is 7.20. The van der Waals surface area contributed by atoms with Gasteiger partial charge < -0.3 is 14.5 Å². The number of ether oxygens (including phenoxy) is 1. The molecule has 1 fully saturated rings. The maximum absolute atomic E-state index is 13.4. The molecule has 210 valence electrons. The van der Waals surface area contributed by atoms with Crippen LogP contribution in [-0.2, 0) is 13.5 Å². The van der Waals surface area contributed by atoms with Gasteiger partial charge in [0.2, 0.25) is 0 Å². The standard InChI is InChI=1S/C28H30F3N7O2/c1-18-5-6-20(11-26(18)38-17-25(33-34-38)24-16-32-36(4)19(24)2)12-27(39)21-13-22(37-9-7-35(3)8-10-37)15-23(14-21)40-28(29,30)31/h5-6,11,13-17H,7-10,12H2,1-4H3. The number of carbonyl (C=O) groups is 1. The van der Waals surface area contributed by atoms with Crippen molar-refractivity contribution in [2.75, 3.05) is 38.1 Å². The molecule has 0 bridgehead atoms. The number of alkyl halides is 3. The second kappa shape index (κ2) is 10.8. The molecular weight excluding hydrogens is 523 g/mol. The molecule has 0 unspecified atom stereocenters. The SMILES string of the molecule is Cc1ccc(CC(=O)c2cc(OC(F)(F)F)cc(N3CCN(C)CC3)c2)cc1-n1cc(-c2cnn(C)c2C)nn1.